The summed E-state index contributed by atoms with van der Waals surface area (Å²) in [5.41, 5.74) is 3.36. The number of carbonyl (C=O) groups excluding carboxylic acids is 1. The van der Waals surface area contributed by atoms with E-state index in [0.717, 1.165) is 5.56 Å². The Morgan fingerprint density at radius 2 is 1.87 bits per heavy atom. The van der Waals surface area contributed by atoms with Gasteiger partial charge in [0.25, 0.3) is 5.91 Å². The third-order valence-electron chi connectivity index (χ3n) is 3.69. The first-order valence-electron chi connectivity index (χ1n) is 7.66. The van der Waals surface area contributed by atoms with Crippen molar-refractivity contribution in [1.82, 2.24) is 0 Å². The van der Waals surface area contributed by atoms with Crippen LogP contribution in [0.1, 0.15) is 36.5 Å². The lowest BCUT2D eigenvalue weighted by Gasteiger charge is -2.12. The molecule has 2 rings (SSSR count). The molecule has 0 unspecified atom stereocenters. The van der Waals surface area contributed by atoms with Gasteiger partial charge in [-0.15, -0.1) is 0 Å². The highest BCUT2D eigenvalue weighted by molar-refractivity contribution is 5.91. The van der Waals surface area contributed by atoms with Crippen molar-refractivity contribution in [3.63, 3.8) is 0 Å². The molecule has 0 fully saturated rings. The lowest BCUT2D eigenvalue weighted by atomic mass is 9.98. The highest BCUT2D eigenvalue weighted by Crippen LogP contribution is 2.23. The first kappa shape index (κ1) is 17.0. The van der Waals surface area contributed by atoms with Gasteiger partial charge in [-0.05, 0) is 60.7 Å². The predicted octanol–water partition coefficient (Wildman–Crippen LogP) is 4.58. The lowest BCUT2D eigenvalue weighted by Crippen LogP contribution is -2.20. The zero-order chi connectivity index (χ0) is 17.0. The quantitative estimate of drug-likeness (QED) is 0.877. The van der Waals surface area contributed by atoms with E-state index in [9.17, 15) is 9.18 Å². The van der Waals surface area contributed by atoms with Gasteiger partial charge < -0.3 is 10.1 Å². The van der Waals surface area contributed by atoms with E-state index >= 15 is 0 Å². The van der Waals surface area contributed by atoms with Gasteiger partial charge in [0.05, 0.1) is 0 Å². The highest BCUT2D eigenvalue weighted by Gasteiger charge is 2.08. The number of aryl methyl sites for hydroxylation is 2. The lowest BCUT2D eigenvalue weighted by molar-refractivity contribution is -0.118. The molecular formula is C19H22FNO2. The van der Waals surface area contributed by atoms with Crippen LogP contribution in [0.15, 0.2) is 36.4 Å². The molecule has 1 amide bonds. The smallest absolute Gasteiger partial charge is 0.262 e. The van der Waals surface area contributed by atoms with Gasteiger partial charge in [-0.3, -0.25) is 4.79 Å². The monoisotopic (exact) mass is 315 g/mol. The van der Waals surface area contributed by atoms with Crippen LogP contribution < -0.4 is 10.1 Å². The van der Waals surface area contributed by atoms with Crippen molar-refractivity contribution in [3.8, 4) is 5.75 Å². The summed E-state index contributed by atoms with van der Waals surface area (Å²) in [6, 6.07) is 10.4. The van der Waals surface area contributed by atoms with Gasteiger partial charge in [-0.1, -0.05) is 26.0 Å². The number of halogens is 1. The molecule has 0 bridgehead atoms. The molecule has 0 spiro atoms. The Kier molecular flexibility index (Phi) is 5.37. The number of benzene rings is 2. The number of hydrogen-bond acceptors (Lipinski definition) is 2. The zero-order valence-electron chi connectivity index (χ0n) is 13.9. The van der Waals surface area contributed by atoms with E-state index in [1.165, 1.54) is 11.6 Å². The Bertz CT molecular complexity index is 711. The van der Waals surface area contributed by atoms with Crippen molar-refractivity contribution in [2.24, 2.45) is 0 Å². The average molecular weight is 315 g/mol. The summed E-state index contributed by atoms with van der Waals surface area (Å²) in [5, 5.41) is 2.62. The summed E-state index contributed by atoms with van der Waals surface area (Å²) in [6.45, 7) is 7.86. The Labute approximate surface area is 136 Å². The van der Waals surface area contributed by atoms with Crippen LogP contribution in [0.5, 0.6) is 5.75 Å². The molecule has 0 radical (unpaired) electrons. The molecule has 0 heterocycles. The van der Waals surface area contributed by atoms with Crippen LogP contribution >= 0.6 is 0 Å². The topological polar surface area (TPSA) is 38.3 Å². The largest absolute Gasteiger partial charge is 0.484 e. The van der Waals surface area contributed by atoms with Crippen LogP contribution in [0.25, 0.3) is 0 Å². The SMILES string of the molecule is Cc1ccc(NC(=O)COc2ccc(C(C)C)c(C)c2)cc1F. The van der Waals surface area contributed by atoms with Gasteiger partial charge in [0.1, 0.15) is 11.6 Å². The van der Waals surface area contributed by atoms with E-state index in [0.29, 0.717) is 22.9 Å². The molecule has 23 heavy (non-hydrogen) atoms. The highest BCUT2D eigenvalue weighted by atomic mass is 19.1. The van der Waals surface area contributed by atoms with Crippen LogP contribution in [-0.4, -0.2) is 12.5 Å². The molecule has 3 nitrogen and oxygen atoms in total. The maximum atomic E-state index is 13.4. The molecule has 2 aromatic rings. The number of amides is 1. The van der Waals surface area contributed by atoms with Crippen molar-refractivity contribution >= 4 is 11.6 Å². The Morgan fingerprint density at radius 1 is 1.13 bits per heavy atom. The molecule has 0 aliphatic heterocycles. The molecule has 0 aliphatic rings. The molecule has 0 atom stereocenters. The van der Waals surface area contributed by atoms with E-state index in [1.54, 1.807) is 19.1 Å². The minimum atomic E-state index is -0.344. The number of ether oxygens (including phenoxy) is 1. The van der Waals surface area contributed by atoms with Crippen LogP contribution in [0, 0.1) is 19.7 Å². The minimum Gasteiger partial charge on any atom is -0.484 e. The fraction of sp³-hybridized carbons (Fsp3) is 0.316. The Morgan fingerprint density at radius 3 is 2.48 bits per heavy atom. The number of hydrogen-bond donors (Lipinski definition) is 1. The average Bonchev–Trinajstić information content (AvgIpc) is 2.48. The second-order valence-electron chi connectivity index (χ2n) is 5.97. The van der Waals surface area contributed by atoms with Crippen LogP contribution in [0.3, 0.4) is 0 Å². The van der Waals surface area contributed by atoms with Crippen molar-refractivity contribution in [3.05, 3.63) is 58.9 Å². The molecule has 0 aromatic heterocycles. The van der Waals surface area contributed by atoms with Crippen LogP contribution in [-0.2, 0) is 4.79 Å². The van der Waals surface area contributed by atoms with Gasteiger partial charge in [0, 0.05) is 5.69 Å². The van der Waals surface area contributed by atoms with Crippen LogP contribution in [0.2, 0.25) is 0 Å². The molecule has 122 valence electrons. The fourth-order valence-electron chi connectivity index (χ4n) is 2.40. The van der Waals surface area contributed by atoms with Crippen molar-refractivity contribution in [1.29, 1.82) is 0 Å². The Balaban J connectivity index is 1.94. The van der Waals surface area contributed by atoms with Crippen molar-refractivity contribution in [2.45, 2.75) is 33.6 Å². The standard InChI is InChI=1S/C19H22FNO2/c1-12(2)17-8-7-16(9-14(17)4)23-11-19(22)21-15-6-5-13(3)18(20)10-15/h5-10,12H,11H2,1-4H3,(H,21,22). The van der Waals surface area contributed by atoms with Crippen molar-refractivity contribution in [2.75, 3.05) is 11.9 Å². The van der Waals surface area contributed by atoms with Gasteiger partial charge in [0.15, 0.2) is 6.61 Å². The molecule has 4 heteroatoms. The van der Waals surface area contributed by atoms with Gasteiger partial charge in [-0.2, -0.15) is 0 Å². The van der Waals surface area contributed by atoms with E-state index in [4.69, 9.17) is 4.74 Å². The molecule has 0 saturated heterocycles. The fourth-order valence-corrected chi connectivity index (χ4v) is 2.40. The molecule has 1 N–H and O–H groups in total. The summed E-state index contributed by atoms with van der Waals surface area (Å²) in [4.78, 5) is 11.9. The third-order valence-corrected chi connectivity index (χ3v) is 3.69. The second kappa shape index (κ2) is 7.27. The second-order valence-corrected chi connectivity index (χ2v) is 5.97. The summed E-state index contributed by atoms with van der Waals surface area (Å²) in [5.74, 6) is 0.434. The maximum Gasteiger partial charge on any atom is 0.262 e. The maximum absolute atomic E-state index is 13.4. The summed E-state index contributed by atoms with van der Waals surface area (Å²) >= 11 is 0. The number of nitrogens with one attached hydrogen (secondary N) is 1. The molecule has 0 aliphatic carbocycles. The van der Waals surface area contributed by atoms with Crippen molar-refractivity contribution < 1.29 is 13.9 Å². The zero-order valence-corrected chi connectivity index (χ0v) is 13.9. The number of anilines is 1. The summed E-state index contributed by atoms with van der Waals surface area (Å²) in [6.07, 6.45) is 0. The van der Waals surface area contributed by atoms with Gasteiger partial charge >= 0.3 is 0 Å². The molecule has 2 aromatic carbocycles. The molecule has 0 saturated carbocycles. The van der Waals surface area contributed by atoms with E-state index < -0.39 is 0 Å². The predicted molar refractivity (Wildman–Crippen MR) is 90.5 cm³/mol. The Hall–Kier alpha value is -2.36. The third kappa shape index (κ3) is 4.55. The normalized spacial score (nSPS) is 10.7. The minimum absolute atomic E-state index is 0.115. The van der Waals surface area contributed by atoms with Gasteiger partial charge in [0.2, 0.25) is 0 Å². The summed E-state index contributed by atoms with van der Waals surface area (Å²) in [7, 11) is 0. The van der Waals surface area contributed by atoms with E-state index in [2.05, 4.69) is 19.2 Å². The summed E-state index contributed by atoms with van der Waals surface area (Å²) < 4.78 is 18.9. The van der Waals surface area contributed by atoms with Crippen LogP contribution in [0.4, 0.5) is 10.1 Å². The van der Waals surface area contributed by atoms with E-state index in [1.807, 2.05) is 25.1 Å². The first-order valence-corrected chi connectivity index (χ1v) is 7.66. The number of carbonyl (C=O) groups is 1. The number of rotatable bonds is 5. The first-order chi connectivity index (χ1) is 10.9. The van der Waals surface area contributed by atoms with Gasteiger partial charge in [-0.25, -0.2) is 4.39 Å². The van der Waals surface area contributed by atoms with E-state index in [-0.39, 0.29) is 18.3 Å². The molecular weight excluding hydrogens is 293 g/mol.